The molecule has 2 aromatic rings. The van der Waals surface area contributed by atoms with Crippen LogP contribution in [-0.4, -0.2) is 31.2 Å². The Kier molecular flexibility index (Phi) is 4.04. The van der Waals surface area contributed by atoms with Crippen LogP contribution in [0.15, 0.2) is 42.5 Å². The van der Waals surface area contributed by atoms with Crippen LogP contribution in [0.5, 0.6) is 11.6 Å². The third-order valence-corrected chi connectivity index (χ3v) is 3.44. The van der Waals surface area contributed by atoms with Crippen molar-refractivity contribution in [1.29, 1.82) is 0 Å². The average Bonchev–Trinajstić information content (AvgIpc) is 2.51. The van der Waals surface area contributed by atoms with Crippen LogP contribution < -0.4 is 15.0 Å². The fourth-order valence-corrected chi connectivity index (χ4v) is 2.28. The van der Waals surface area contributed by atoms with E-state index in [4.69, 9.17) is 16.3 Å². The number of piperazine rings is 1. The van der Waals surface area contributed by atoms with E-state index in [1.165, 1.54) is 0 Å². The maximum atomic E-state index is 5.86. The van der Waals surface area contributed by atoms with Gasteiger partial charge in [0.15, 0.2) is 0 Å². The molecule has 1 N–H and O–H groups in total. The molecule has 0 atom stereocenters. The van der Waals surface area contributed by atoms with Crippen LogP contribution in [-0.2, 0) is 0 Å². The van der Waals surface area contributed by atoms with Crippen molar-refractivity contribution in [2.24, 2.45) is 0 Å². The predicted molar refractivity (Wildman–Crippen MR) is 80.8 cm³/mol. The predicted octanol–water partition coefficient (Wildman–Crippen LogP) is 2.94. The van der Waals surface area contributed by atoms with Gasteiger partial charge < -0.3 is 15.0 Å². The topological polar surface area (TPSA) is 37.4 Å². The zero-order valence-corrected chi connectivity index (χ0v) is 11.8. The Balaban J connectivity index is 1.75. The monoisotopic (exact) mass is 289 g/mol. The first-order chi connectivity index (χ1) is 9.81. The number of halogens is 1. The molecule has 3 rings (SSSR count). The van der Waals surface area contributed by atoms with Gasteiger partial charge >= 0.3 is 0 Å². The van der Waals surface area contributed by atoms with Gasteiger partial charge in [0.25, 0.3) is 0 Å². The molecule has 1 aliphatic rings. The number of nitrogens with zero attached hydrogens (tertiary/aromatic N) is 2. The van der Waals surface area contributed by atoms with E-state index in [1.54, 1.807) is 12.1 Å². The molecular formula is C15H16ClN3O. The second-order valence-electron chi connectivity index (χ2n) is 4.63. The molecule has 1 saturated heterocycles. The summed E-state index contributed by atoms with van der Waals surface area (Å²) in [5.41, 5.74) is 0. The number of pyridine rings is 1. The lowest BCUT2D eigenvalue weighted by Gasteiger charge is -2.28. The van der Waals surface area contributed by atoms with Crippen molar-refractivity contribution in [3.8, 4) is 11.6 Å². The van der Waals surface area contributed by atoms with Crippen molar-refractivity contribution >= 4 is 17.4 Å². The van der Waals surface area contributed by atoms with E-state index in [2.05, 4.69) is 15.2 Å². The number of benzene rings is 1. The average molecular weight is 290 g/mol. The van der Waals surface area contributed by atoms with Gasteiger partial charge in [0.05, 0.1) is 0 Å². The van der Waals surface area contributed by atoms with Crippen molar-refractivity contribution in [3.05, 3.63) is 47.5 Å². The molecule has 4 nitrogen and oxygen atoms in total. The molecule has 0 radical (unpaired) electrons. The molecule has 0 unspecified atom stereocenters. The number of hydrogen-bond acceptors (Lipinski definition) is 4. The van der Waals surface area contributed by atoms with E-state index in [-0.39, 0.29) is 0 Å². The first-order valence-electron chi connectivity index (χ1n) is 6.67. The lowest BCUT2D eigenvalue weighted by atomic mass is 10.3. The Bertz CT molecular complexity index is 568. The highest BCUT2D eigenvalue weighted by atomic mass is 35.5. The van der Waals surface area contributed by atoms with Crippen LogP contribution in [0.2, 0.25) is 5.02 Å². The van der Waals surface area contributed by atoms with Crippen molar-refractivity contribution in [2.75, 3.05) is 31.1 Å². The third kappa shape index (κ3) is 3.21. The van der Waals surface area contributed by atoms with Gasteiger partial charge in [0.2, 0.25) is 5.88 Å². The van der Waals surface area contributed by atoms with E-state index >= 15 is 0 Å². The summed E-state index contributed by atoms with van der Waals surface area (Å²) in [4.78, 5) is 6.81. The largest absolute Gasteiger partial charge is 0.439 e. The van der Waals surface area contributed by atoms with Crippen LogP contribution in [0.4, 0.5) is 5.82 Å². The van der Waals surface area contributed by atoms with Crippen molar-refractivity contribution in [2.45, 2.75) is 0 Å². The Morgan fingerprint density at radius 3 is 2.55 bits per heavy atom. The Morgan fingerprint density at radius 1 is 1.05 bits per heavy atom. The number of hydrogen-bond donors (Lipinski definition) is 1. The Hall–Kier alpha value is -1.78. The highest BCUT2D eigenvalue weighted by Crippen LogP contribution is 2.23. The number of ether oxygens (including phenoxy) is 1. The van der Waals surface area contributed by atoms with Gasteiger partial charge in [0.1, 0.15) is 11.6 Å². The highest BCUT2D eigenvalue weighted by molar-refractivity contribution is 6.30. The van der Waals surface area contributed by atoms with E-state index in [0.717, 1.165) is 37.7 Å². The minimum atomic E-state index is 0.600. The molecule has 104 valence electrons. The standard InChI is InChI=1S/C15H16ClN3O/c16-12-4-6-13(7-5-12)20-15-3-1-2-14(18-15)19-10-8-17-9-11-19/h1-7,17H,8-11H2. The van der Waals surface area contributed by atoms with Crippen molar-refractivity contribution in [1.82, 2.24) is 10.3 Å². The van der Waals surface area contributed by atoms with E-state index in [9.17, 15) is 0 Å². The molecule has 0 aliphatic carbocycles. The normalized spacial score (nSPS) is 15.2. The molecule has 20 heavy (non-hydrogen) atoms. The minimum absolute atomic E-state index is 0.600. The molecule has 5 heteroatoms. The van der Waals surface area contributed by atoms with Crippen LogP contribution in [0.25, 0.3) is 0 Å². The van der Waals surface area contributed by atoms with Gasteiger partial charge in [0, 0.05) is 37.3 Å². The molecule has 1 aliphatic heterocycles. The number of aromatic nitrogens is 1. The molecule has 0 amide bonds. The SMILES string of the molecule is Clc1ccc(Oc2cccc(N3CCNCC3)n2)cc1. The third-order valence-electron chi connectivity index (χ3n) is 3.19. The molecular weight excluding hydrogens is 274 g/mol. The number of rotatable bonds is 3. The quantitative estimate of drug-likeness (QED) is 0.943. The first-order valence-corrected chi connectivity index (χ1v) is 7.05. The zero-order valence-electron chi connectivity index (χ0n) is 11.1. The maximum absolute atomic E-state index is 5.86. The maximum Gasteiger partial charge on any atom is 0.221 e. The summed E-state index contributed by atoms with van der Waals surface area (Å²) in [6.45, 7) is 3.92. The van der Waals surface area contributed by atoms with Gasteiger partial charge in [-0.1, -0.05) is 17.7 Å². The van der Waals surface area contributed by atoms with Crippen LogP contribution >= 0.6 is 11.6 Å². The van der Waals surface area contributed by atoms with Crippen molar-refractivity contribution in [3.63, 3.8) is 0 Å². The van der Waals surface area contributed by atoms with E-state index in [0.29, 0.717) is 10.9 Å². The van der Waals surface area contributed by atoms with Gasteiger partial charge in [-0.05, 0) is 30.3 Å². The summed E-state index contributed by atoms with van der Waals surface area (Å²) in [6, 6.07) is 13.1. The van der Waals surface area contributed by atoms with Gasteiger partial charge in [-0.15, -0.1) is 0 Å². The summed E-state index contributed by atoms with van der Waals surface area (Å²) in [6.07, 6.45) is 0. The smallest absolute Gasteiger partial charge is 0.221 e. The highest BCUT2D eigenvalue weighted by Gasteiger charge is 2.12. The molecule has 1 fully saturated rings. The Labute approximate surface area is 123 Å². The Morgan fingerprint density at radius 2 is 1.80 bits per heavy atom. The minimum Gasteiger partial charge on any atom is -0.439 e. The van der Waals surface area contributed by atoms with Crippen LogP contribution in [0.1, 0.15) is 0 Å². The van der Waals surface area contributed by atoms with Crippen LogP contribution in [0.3, 0.4) is 0 Å². The summed E-state index contributed by atoms with van der Waals surface area (Å²) in [5, 5.41) is 4.03. The van der Waals surface area contributed by atoms with E-state index < -0.39 is 0 Å². The first kappa shape index (κ1) is 13.2. The zero-order chi connectivity index (χ0) is 13.8. The second kappa shape index (κ2) is 6.11. The molecule has 0 saturated carbocycles. The van der Waals surface area contributed by atoms with Gasteiger partial charge in [-0.25, -0.2) is 0 Å². The molecule has 1 aromatic heterocycles. The van der Waals surface area contributed by atoms with Crippen LogP contribution in [0, 0.1) is 0 Å². The summed E-state index contributed by atoms with van der Waals surface area (Å²) in [7, 11) is 0. The fourth-order valence-electron chi connectivity index (χ4n) is 2.15. The summed E-state index contributed by atoms with van der Waals surface area (Å²) < 4.78 is 5.75. The summed E-state index contributed by atoms with van der Waals surface area (Å²) >= 11 is 5.86. The van der Waals surface area contributed by atoms with Gasteiger partial charge in [-0.3, -0.25) is 0 Å². The fraction of sp³-hybridized carbons (Fsp3) is 0.267. The van der Waals surface area contributed by atoms with E-state index in [1.807, 2.05) is 30.3 Å². The molecule has 1 aromatic carbocycles. The lowest BCUT2D eigenvalue weighted by Crippen LogP contribution is -2.43. The molecule has 0 bridgehead atoms. The van der Waals surface area contributed by atoms with Crippen molar-refractivity contribution < 1.29 is 4.74 Å². The number of anilines is 1. The number of nitrogens with one attached hydrogen (secondary N) is 1. The molecule has 2 heterocycles. The summed E-state index contributed by atoms with van der Waals surface area (Å²) in [5.74, 6) is 2.29. The second-order valence-corrected chi connectivity index (χ2v) is 5.06. The van der Waals surface area contributed by atoms with Gasteiger partial charge in [-0.2, -0.15) is 4.98 Å². The lowest BCUT2D eigenvalue weighted by molar-refractivity contribution is 0.461. The molecule has 0 spiro atoms.